The maximum Gasteiger partial charge on any atom is 0.225 e. The van der Waals surface area contributed by atoms with Crippen LogP contribution in [0.2, 0.25) is 0 Å². The normalized spacial score (nSPS) is 10.7. The van der Waals surface area contributed by atoms with Crippen LogP contribution in [0, 0.1) is 5.82 Å². The first-order chi connectivity index (χ1) is 8.52. The third kappa shape index (κ3) is 4.71. The number of nitrogens with two attached hydrogens (primary N) is 1. The molecule has 0 bridgehead atoms. The van der Waals surface area contributed by atoms with Gasteiger partial charge < -0.3 is 16.0 Å². The number of anilines is 2. The molecule has 1 amide bonds. The van der Waals surface area contributed by atoms with Crippen molar-refractivity contribution in [1.29, 1.82) is 0 Å². The lowest BCUT2D eigenvalue weighted by molar-refractivity contribution is -0.116. The van der Waals surface area contributed by atoms with Crippen molar-refractivity contribution in [2.24, 2.45) is 0 Å². The number of hydrogen-bond acceptors (Lipinski definition) is 3. The Hall–Kier alpha value is -1.62. The van der Waals surface area contributed by atoms with Gasteiger partial charge in [0.1, 0.15) is 5.82 Å². The Labute approximate surface area is 107 Å². The van der Waals surface area contributed by atoms with Crippen molar-refractivity contribution in [2.75, 3.05) is 31.2 Å². The molecule has 0 unspecified atom stereocenters. The topological polar surface area (TPSA) is 58.4 Å². The number of carbonyl (C=O) groups excluding carboxylic acids is 1. The molecule has 3 N–H and O–H groups in total. The van der Waals surface area contributed by atoms with Gasteiger partial charge in [0.2, 0.25) is 5.91 Å². The fraction of sp³-hybridized carbons (Fsp3) is 0.462. The third-order valence-corrected chi connectivity index (χ3v) is 2.61. The highest BCUT2D eigenvalue weighted by molar-refractivity contribution is 5.93. The van der Waals surface area contributed by atoms with Crippen LogP contribution >= 0.6 is 0 Å². The molecule has 1 aromatic rings. The molecule has 0 fully saturated rings. The summed E-state index contributed by atoms with van der Waals surface area (Å²) in [6.07, 6.45) is 1.45. The molecule has 18 heavy (non-hydrogen) atoms. The second kappa shape index (κ2) is 6.96. The Morgan fingerprint density at radius 3 is 2.78 bits per heavy atom. The van der Waals surface area contributed by atoms with Crippen LogP contribution in [0.25, 0.3) is 0 Å². The summed E-state index contributed by atoms with van der Waals surface area (Å²) in [6.45, 7) is 3.75. The minimum atomic E-state index is -0.409. The van der Waals surface area contributed by atoms with Crippen LogP contribution in [0.5, 0.6) is 0 Å². The van der Waals surface area contributed by atoms with Crippen molar-refractivity contribution in [3.8, 4) is 0 Å². The number of halogens is 1. The van der Waals surface area contributed by atoms with E-state index in [0.717, 1.165) is 13.0 Å². The summed E-state index contributed by atoms with van der Waals surface area (Å²) in [4.78, 5) is 13.8. The number of amides is 1. The van der Waals surface area contributed by atoms with Crippen LogP contribution in [-0.2, 0) is 4.79 Å². The molecule has 0 saturated heterocycles. The van der Waals surface area contributed by atoms with Gasteiger partial charge >= 0.3 is 0 Å². The zero-order chi connectivity index (χ0) is 13.5. The van der Waals surface area contributed by atoms with Gasteiger partial charge in [-0.25, -0.2) is 4.39 Å². The first kappa shape index (κ1) is 14.4. The van der Waals surface area contributed by atoms with Crippen LogP contribution in [0.3, 0.4) is 0 Å². The summed E-state index contributed by atoms with van der Waals surface area (Å²) < 4.78 is 12.8. The maximum atomic E-state index is 12.8. The van der Waals surface area contributed by atoms with Crippen molar-refractivity contribution in [3.63, 3.8) is 0 Å². The highest BCUT2D eigenvalue weighted by Gasteiger charge is 2.07. The van der Waals surface area contributed by atoms with Gasteiger partial charge in [-0.05, 0) is 38.2 Å². The molecule has 0 aliphatic carbocycles. The third-order valence-electron chi connectivity index (χ3n) is 2.61. The number of carbonyl (C=O) groups is 1. The minimum Gasteiger partial charge on any atom is -0.397 e. The average molecular weight is 253 g/mol. The largest absolute Gasteiger partial charge is 0.397 e. The van der Waals surface area contributed by atoms with Crippen LogP contribution in [0.1, 0.15) is 19.8 Å². The fourth-order valence-corrected chi connectivity index (χ4v) is 1.65. The summed E-state index contributed by atoms with van der Waals surface area (Å²) in [6, 6.07) is 3.94. The average Bonchev–Trinajstić information content (AvgIpc) is 2.31. The molecule has 0 aromatic heterocycles. The van der Waals surface area contributed by atoms with Crippen molar-refractivity contribution < 1.29 is 9.18 Å². The van der Waals surface area contributed by atoms with E-state index >= 15 is 0 Å². The molecule has 0 radical (unpaired) electrons. The highest BCUT2D eigenvalue weighted by atomic mass is 19.1. The van der Waals surface area contributed by atoms with E-state index in [9.17, 15) is 9.18 Å². The Bertz CT molecular complexity index is 409. The number of hydrogen-bond donors (Lipinski definition) is 2. The molecule has 5 heteroatoms. The van der Waals surface area contributed by atoms with Gasteiger partial charge in [0.25, 0.3) is 0 Å². The summed E-state index contributed by atoms with van der Waals surface area (Å²) in [5.74, 6) is -0.524. The van der Waals surface area contributed by atoms with Gasteiger partial charge in [-0.3, -0.25) is 4.79 Å². The predicted molar refractivity (Wildman–Crippen MR) is 71.8 cm³/mol. The van der Waals surface area contributed by atoms with Crippen molar-refractivity contribution >= 4 is 17.3 Å². The van der Waals surface area contributed by atoms with E-state index in [4.69, 9.17) is 5.73 Å². The highest BCUT2D eigenvalue weighted by Crippen LogP contribution is 2.19. The van der Waals surface area contributed by atoms with Gasteiger partial charge in [0.15, 0.2) is 0 Å². The number of nitrogen functional groups attached to an aromatic ring is 1. The molecule has 0 heterocycles. The van der Waals surface area contributed by atoms with Gasteiger partial charge in [-0.2, -0.15) is 0 Å². The molecule has 0 saturated carbocycles. The van der Waals surface area contributed by atoms with Gasteiger partial charge in [0, 0.05) is 13.0 Å². The van der Waals surface area contributed by atoms with Gasteiger partial charge in [-0.15, -0.1) is 0 Å². The fourth-order valence-electron chi connectivity index (χ4n) is 1.65. The lowest BCUT2D eigenvalue weighted by atomic mass is 10.2. The first-order valence-corrected chi connectivity index (χ1v) is 6.06. The van der Waals surface area contributed by atoms with E-state index in [1.807, 2.05) is 7.05 Å². The van der Waals surface area contributed by atoms with E-state index in [-0.39, 0.29) is 11.6 Å². The van der Waals surface area contributed by atoms with Crippen LogP contribution in [0.15, 0.2) is 18.2 Å². The SMILES string of the molecule is CCCN(C)CCC(=O)Nc1ccc(F)cc1N. The van der Waals surface area contributed by atoms with Crippen LogP contribution in [0.4, 0.5) is 15.8 Å². The molecule has 0 atom stereocenters. The second-order valence-electron chi connectivity index (χ2n) is 4.33. The zero-order valence-electron chi connectivity index (χ0n) is 10.9. The number of benzene rings is 1. The lowest BCUT2D eigenvalue weighted by Crippen LogP contribution is -2.25. The Morgan fingerprint density at radius 1 is 1.44 bits per heavy atom. The van der Waals surface area contributed by atoms with E-state index in [0.29, 0.717) is 18.7 Å². The molecule has 1 rings (SSSR count). The lowest BCUT2D eigenvalue weighted by Gasteiger charge is -2.15. The number of rotatable bonds is 6. The summed E-state index contributed by atoms with van der Waals surface area (Å²) in [5, 5.41) is 2.68. The van der Waals surface area contributed by atoms with Gasteiger partial charge in [0.05, 0.1) is 11.4 Å². The summed E-state index contributed by atoms with van der Waals surface area (Å²) in [7, 11) is 1.98. The molecule has 0 aliphatic rings. The smallest absolute Gasteiger partial charge is 0.225 e. The zero-order valence-corrected chi connectivity index (χ0v) is 10.9. The Kier molecular flexibility index (Phi) is 5.58. The Balaban J connectivity index is 2.44. The summed E-state index contributed by atoms with van der Waals surface area (Å²) >= 11 is 0. The molecular weight excluding hydrogens is 233 g/mol. The molecule has 0 spiro atoms. The summed E-state index contributed by atoms with van der Waals surface area (Å²) in [5.41, 5.74) is 6.31. The Morgan fingerprint density at radius 2 is 2.17 bits per heavy atom. The van der Waals surface area contributed by atoms with E-state index in [1.165, 1.54) is 18.2 Å². The minimum absolute atomic E-state index is 0.115. The quantitative estimate of drug-likeness (QED) is 0.763. The van der Waals surface area contributed by atoms with Crippen LogP contribution < -0.4 is 11.1 Å². The molecule has 0 aliphatic heterocycles. The number of nitrogens with one attached hydrogen (secondary N) is 1. The second-order valence-corrected chi connectivity index (χ2v) is 4.33. The van der Waals surface area contributed by atoms with Crippen molar-refractivity contribution in [2.45, 2.75) is 19.8 Å². The van der Waals surface area contributed by atoms with E-state index in [2.05, 4.69) is 17.1 Å². The molecule has 4 nitrogen and oxygen atoms in total. The monoisotopic (exact) mass is 253 g/mol. The molecule has 1 aromatic carbocycles. The molecular formula is C13H20FN3O. The number of nitrogens with zero attached hydrogens (tertiary/aromatic N) is 1. The predicted octanol–water partition coefficient (Wildman–Crippen LogP) is 2.08. The van der Waals surface area contributed by atoms with Crippen LogP contribution in [-0.4, -0.2) is 30.9 Å². The standard InChI is InChI=1S/C13H20FN3O/c1-3-7-17(2)8-6-13(18)16-12-5-4-10(14)9-11(12)15/h4-5,9H,3,6-8,15H2,1-2H3,(H,16,18). The van der Waals surface area contributed by atoms with Crippen molar-refractivity contribution in [1.82, 2.24) is 4.90 Å². The maximum absolute atomic E-state index is 12.8. The molecule has 100 valence electrons. The van der Waals surface area contributed by atoms with Gasteiger partial charge in [-0.1, -0.05) is 6.92 Å². The van der Waals surface area contributed by atoms with E-state index in [1.54, 1.807) is 0 Å². The van der Waals surface area contributed by atoms with Crippen molar-refractivity contribution in [3.05, 3.63) is 24.0 Å². The van der Waals surface area contributed by atoms with E-state index < -0.39 is 5.82 Å². The first-order valence-electron chi connectivity index (χ1n) is 6.06.